The van der Waals surface area contributed by atoms with Crippen molar-refractivity contribution < 1.29 is 17.2 Å². The van der Waals surface area contributed by atoms with Crippen molar-refractivity contribution in [1.82, 2.24) is 4.90 Å². The van der Waals surface area contributed by atoms with E-state index in [0.717, 1.165) is 0 Å². The first-order valence-corrected chi connectivity index (χ1v) is 7.20. The van der Waals surface area contributed by atoms with Crippen LogP contribution in [0.15, 0.2) is 29.2 Å². The quantitative estimate of drug-likeness (QED) is 0.796. The Hall–Kier alpha value is -1.52. The molecule has 19 heavy (non-hydrogen) atoms. The molecule has 0 N–H and O–H groups in total. The minimum absolute atomic E-state index is 0.0344. The Morgan fingerprint density at radius 2 is 1.89 bits per heavy atom. The molecule has 0 bridgehead atoms. The second-order valence-electron chi connectivity index (χ2n) is 4.11. The first-order chi connectivity index (χ1) is 8.85. The van der Waals surface area contributed by atoms with Crippen molar-refractivity contribution in [1.29, 1.82) is 5.26 Å². The van der Waals surface area contributed by atoms with Gasteiger partial charge in [-0.15, -0.1) is 0 Å². The van der Waals surface area contributed by atoms with Crippen LogP contribution < -0.4 is 0 Å². The Morgan fingerprint density at radius 1 is 1.32 bits per heavy atom. The van der Waals surface area contributed by atoms with Gasteiger partial charge in [0, 0.05) is 6.54 Å². The third-order valence-electron chi connectivity index (χ3n) is 2.53. The number of benzene rings is 1. The predicted molar refractivity (Wildman–Crippen MR) is 66.7 cm³/mol. The number of rotatable bonds is 6. The summed E-state index contributed by atoms with van der Waals surface area (Å²) in [6.45, 7) is -0.421. The molecule has 0 radical (unpaired) electrons. The van der Waals surface area contributed by atoms with Gasteiger partial charge in [-0.2, -0.15) is 5.26 Å². The van der Waals surface area contributed by atoms with E-state index in [-0.39, 0.29) is 17.2 Å². The van der Waals surface area contributed by atoms with Crippen molar-refractivity contribution >= 4 is 9.84 Å². The highest BCUT2D eigenvalue weighted by atomic mass is 32.2. The Kier molecular flexibility index (Phi) is 5.39. The zero-order valence-electron chi connectivity index (χ0n) is 10.4. The first-order valence-electron chi connectivity index (χ1n) is 5.55. The molecule has 0 aliphatic carbocycles. The normalized spacial score (nSPS) is 11.8. The molecule has 1 rings (SSSR count). The molecule has 1 aromatic rings. The fourth-order valence-electron chi connectivity index (χ4n) is 1.46. The summed E-state index contributed by atoms with van der Waals surface area (Å²) in [5.41, 5.74) is 0.369. The standard InChI is InChI=1S/C12H14F2N2O2S/c1-16(9-12(13)14)6-7-19(17,18)11-4-2-10(8-15)3-5-11/h2-5,12H,6-7,9H2,1H3. The number of hydrogen-bond acceptors (Lipinski definition) is 4. The van der Waals surface area contributed by atoms with E-state index in [1.807, 2.05) is 6.07 Å². The molecule has 1 aromatic carbocycles. The number of sulfone groups is 1. The molecule has 0 saturated heterocycles. The number of alkyl halides is 2. The molecule has 0 spiro atoms. The highest BCUT2D eigenvalue weighted by Gasteiger charge is 2.16. The summed E-state index contributed by atoms with van der Waals surface area (Å²) in [4.78, 5) is 1.36. The van der Waals surface area contributed by atoms with E-state index < -0.39 is 22.8 Å². The minimum Gasteiger partial charge on any atom is -0.300 e. The molecule has 4 nitrogen and oxygen atoms in total. The van der Waals surface area contributed by atoms with E-state index in [9.17, 15) is 17.2 Å². The molecule has 104 valence electrons. The van der Waals surface area contributed by atoms with E-state index in [4.69, 9.17) is 5.26 Å². The second kappa shape index (κ2) is 6.59. The fourth-order valence-corrected chi connectivity index (χ4v) is 2.80. The maximum atomic E-state index is 12.1. The highest BCUT2D eigenvalue weighted by molar-refractivity contribution is 7.91. The predicted octanol–water partition coefficient (Wildman–Crippen LogP) is 1.53. The smallest absolute Gasteiger partial charge is 0.251 e. The molecule has 0 heterocycles. The number of nitrogens with zero attached hydrogens (tertiary/aromatic N) is 2. The molecule has 0 aromatic heterocycles. The maximum Gasteiger partial charge on any atom is 0.251 e. The third-order valence-corrected chi connectivity index (χ3v) is 4.24. The summed E-state index contributed by atoms with van der Waals surface area (Å²) < 4.78 is 48.0. The van der Waals surface area contributed by atoms with Gasteiger partial charge in [0.05, 0.1) is 28.8 Å². The molecule has 7 heteroatoms. The van der Waals surface area contributed by atoms with Crippen LogP contribution in [0.1, 0.15) is 5.56 Å². The van der Waals surface area contributed by atoms with Gasteiger partial charge in [-0.3, -0.25) is 4.90 Å². The number of hydrogen-bond donors (Lipinski definition) is 0. The molecule has 0 aliphatic heterocycles. The monoisotopic (exact) mass is 288 g/mol. The molecule has 0 fully saturated rings. The zero-order chi connectivity index (χ0) is 14.5. The lowest BCUT2D eigenvalue weighted by atomic mass is 10.2. The maximum absolute atomic E-state index is 12.1. The summed E-state index contributed by atoms with van der Waals surface area (Å²) in [5, 5.41) is 8.61. The Balaban J connectivity index is 2.68. The van der Waals surface area contributed by atoms with Crippen molar-refractivity contribution in [3.63, 3.8) is 0 Å². The summed E-state index contributed by atoms with van der Waals surface area (Å²) in [5.74, 6) is -0.234. The van der Waals surface area contributed by atoms with Crippen molar-refractivity contribution in [2.45, 2.75) is 11.3 Å². The lowest BCUT2D eigenvalue weighted by molar-refractivity contribution is 0.103. The van der Waals surface area contributed by atoms with Crippen LogP contribution in [-0.4, -0.2) is 45.6 Å². The van der Waals surface area contributed by atoms with Crippen LogP contribution >= 0.6 is 0 Å². The van der Waals surface area contributed by atoms with Gasteiger partial charge >= 0.3 is 0 Å². The van der Waals surface area contributed by atoms with E-state index >= 15 is 0 Å². The van der Waals surface area contributed by atoms with Gasteiger partial charge in [0.25, 0.3) is 6.43 Å². The summed E-state index contributed by atoms with van der Waals surface area (Å²) >= 11 is 0. The lowest BCUT2D eigenvalue weighted by Gasteiger charge is -2.15. The van der Waals surface area contributed by atoms with Gasteiger partial charge in [-0.25, -0.2) is 17.2 Å². The van der Waals surface area contributed by atoms with Crippen LogP contribution in [0.5, 0.6) is 0 Å². The lowest BCUT2D eigenvalue weighted by Crippen LogP contribution is -2.29. The van der Waals surface area contributed by atoms with Gasteiger partial charge in [0.2, 0.25) is 0 Å². The van der Waals surface area contributed by atoms with Gasteiger partial charge in [0.15, 0.2) is 9.84 Å². The van der Waals surface area contributed by atoms with E-state index in [0.29, 0.717) is 5.56 Å². The summed E-state index contributed by atoms with van der Waals surface area (Å²) in [6, 6.07) is 7.41. The highest BCUT2D eigenvalue weighted by Crippen LogP contribution is 2.12. The first kappa shape index (κ1) is 15.5. The summed E-state index contributed by atoms with van der Waals surface area (Å²) in [7, 11) is -2.07. The molecule has 0 unspecified atom stereocenters. The van der Waals surface area contributed by atoms with Crippen LogP contribution in [-0.2, 0) is 9.84 Å². The van der Waals surface area contributed by atoms with Crippen LogP contribution in [0, 0.1) is 11.3 Å². The van der Waals surface area contributed by atoms with Crippen LogP contribution in [0.4, 0.5) is 8.78 Å². The average Bonchev–Trinajstić information content (AvgIpc) is 2.36. The number of halogens is 2. The van der Waals surface area contributed by atoms with Crippen molar-refractivity contribution in [2.24, 2.45) is 0 Å². The third kappa shape index (κ3) is 4.93. The Labute approximate surface area is 111 Å². The number of nitriles is 1. The fraction of sp³-hybridized carbons (Fsp3) is 0.417. The van der Waals surface area contributed by atoms with Gasteiger partial charge in [-0.05, 0) is 31.3 Å². The average molecular weight is 288 g/mol. The summed E-state index contributed by atoms with van der Waals surface area (Å²) in [6.07, 6.45) is -2.48. The molecular formula is C12H14F2N2O2S. The molecule has 0 saturated carbocycles. The van der Waals surface area contributed by atoms with Crippen molar-refractivity contribution in [2.75, 3.05) is 25.9 Å². The van der Waals surface area contributed by atoms with Crippen LogP contribution in [0.2, 0.25) is 0 Å². The van der Waals surface area contributed by atoms with Gasteiger partial charge in [-0.1, -0.05) is 0 Å². The Morgan fingerprint density at radius 3 is 2.37 bits per heavy atom. The van der Waals surface area contributed by atoms with Crippen molar-refractivity contribution in [3.8, 4) is 6.07 Å². The zero-order valence-corrected chi connectivity index (χ0v) is 11.2. The van der Waals surface area contributed by atoms with Crippen LogP contribution in [0.25, 0.3) is 0 Å². The Bertz CT molecular complexity index is 550. The largest absolute Gasteiger partial charge is 0.300 e. The molecule has 0 aliphatic rings. The van der Waals surface area contributed by atoms with E-state index in [2.05, 4.69) is 0 Å². The second-order valence-corrected chi connectivity index (χ2v) is 6.22. The van der Waals surface area contributed by atoms with Gasteiger partial charge in [0.1, 0.15) is 0 Å². The van der Waals surface area contributed by atoms with Crippen molar-refractivity contribution in [3.05, 3.63) is 29.8 Å². The van der Waals surface area contributed by atoms with Crippen LogP contribution in [0.3, 0.4) is 0 Å². The minimum atomic E-state index is -3.51. The van der Waals surface area contributed by atoms with E-state index in [1.165, 1.54) is 36.2 Å². The van der Waals surface area contributed by atoms with Gasteiger partial charge < -0.3 is 0 Å². The molecule has 0 amide bonds. The molecule has 0 atom stereocenters. The topological polar surface area (TPSA) is 61.2 Å². The SMILES string of the molecule is CN(CCS(=O)(=O)c1ccc(C#N)cc1)CC(F)F. The molecular weight excluding hydrogens is 274 g/mol. The van der Waals surface area contributed by atoms with E-state index in [1.54, 1.807) is 0 Å².